The molecule has 0 saturated carbocycles. The summed E-state index contributed by atoms with van der Waals surface area (Å²) in [5.41, 5.74) is 0. The van der Waals surface area contributed by atoms with E-state index in [9.17, 15) is 4.79 Å². The monoisotopic (exact) mass is 288 g/mol. The Morgan fingerprint density at radius 2 is 1.83 bits per heavy atom. The first-order valence-corrected chi connectivity index (χ1v) is 13.1. The summed E-state index contributed by atoms with van der Waals surface area (Å²) in [5.74, 6) is 0.395. The van der Waals surface area contributed by atoms with Crippen molar-refractivity contribution in [1.29, 1.82) is 0 Å². The maximum atomic E-state index is 11.9. The molecule has 6 heteroatoms. The molecule has 1 heterocycles. The van der Waals surface area contributed by atoms with E-state index < -0.39 is 16.6 Å². The number of ketones is 1. The van der Waals surface area contributed by atoms with Gasteiger partial charge in [-0.05, 0) is 39.3 Å². The van der Waals surface area contributed by atoms with Crippen LogP contribution >= 0.6 is 0 Å². The van der Waals surface area contributed by atoms with Crippen molar-refractivity contribution < 1.29 is 18.4 Å². The Morgan fingerprint density at radius 3 is 2.28 bits per heavy atom. The Bertz CT molecular complexity index is 339. The van der Waals surface area contributed by atoms with Crippen molar-refractivity contribution >= 4 is 22.4 Å². The molecule has 0 saturated heterocycles. The first kappa shape index (κ1) is 15.5. The lowest BCUT2D eigenvalue weighted by molar-refractivity contribution is -0.122. The van der Waals surface area contributed by atoms with Crippen molar-refractivity contribution in [3.8, 4) is 0 Å². The van der Waals surface area contributed by atoms with Gasteiger partial charge in [-0.1, -0.05) is 0 Å². The van der Waals surface area contributed by atoms with Crippen LogP contribution in [0.4, 0.5) is 0 Å². The summed E-state index contributed by atoms with van der Waals surface area (Å²) in [6.07, 6.45) is 1.64. The molecule has 4 nitrogen and oxygen atoms in total. The largest absolute Gasteiger partial charge is 0.540 e. The molecule has 1 atom stereocenters. The van der Waals surface area contributed by atoms with Gasteiger partial charge >= 0.3 is 0 Å². The van der Waals surface area contributed by atoms with Gasteiger partial charge in [-0.2, -0.15) is 0 Å². The van der Waals surface area contributed by atoms with E-state index in [-0.39, 0.29) is 11.9 Å². The minimum Gasteiger partial charge on any atom is -0.540 e. The lowest BCUT2D eigenvalue weighted by Crippen LogP contribution is -2.36. The van der Waals surface area contributed by atoms with Crippen molar-refractivity contribution in [3.05, 3.63) is 12.0 Å². The van der Waals surface area contributed by atoms with Crippen molar-refractivity contribution in [3.63, 3.8) is 0 Å². The summed E-state index contributed by atoms with van der Waals surface area (Å²) in [6.45, 7) is 13.0. The molecule has 0 fully saturated rings. The molecular formula is C12H24O4Si2. The Labute approximate surface area is 112 Å². The smallest absolute Gasteiger partial charge is 0.242 e. The fraction of sp³-hybridized carbons (Fsp3) is 0.750. The summed E-state index contributed by atoms with van der Waals surface area (Å²) in [5, 5.41) is 0. The van der Waals surface area contributed by atoms with Crippen LogP contribution in [0.15, 0.2) is 12.0 Å². The number of hydrogen-bond donors (Lipinski definition) is 0. The highest BCUT2D eigenvalue weighted by molar-refractivity contribution is 6.70. The van der Waals surface area contributed by atoms with E-state index in [1.807, 2.05) is 19.6 Å². The molecule has 0 N–H and O–H groups in total. The summed E-state index contributed by atoms with van der Waals surface area (Å²) >= 11 is 0. The first-order chi connectivity index (χ1) is 8.07. The molecule has 1 rings (SSSR count). The van der Waals surface area contributed by atoms with Gasteiger partial charge in [-0.25, -0.2) is 0 Å². The average Bonchev–Trinajstić information content (AvgIpc) is 2.15. The second-order valence-electron chi connectivity index (χ2n) is 6.51. The van der Waals surface area contributed by atoms with Gasteiger partial charge in [-0.3, -0.25) is 4.79 Å². The minimum atomic E-state index is -1.75. The van der Waals surface area contributed by atoms with Gasteiger partial charge in [0.2, 0.25) is 14.1 Å². The number of carbonyl (C=O) groups is 1. The van der Waals surface area contributed by atoms with Crippen molar-refractivity contribution in [2.75, 3.05) is 6.61 Å². The highest BCUT2D eigenvalue weighted by Crippen LogP contribution is 2.20. The standard InChI is InChI=1S/C12H24O4Si2/c1-17(2,3)15-8-10-7-11(13)12(9-14-10)16-18(4,5)6/h9-10H,7-8H2,1-6H3. The molecule has 1 aliphatic rings. The molecule has 0 bridgehead atoms. The lowest BCUT2D eigenvalue weighted by Gasteiger charge is -2.28. The van der Waals surface area contributed by atoms with E-state index in [1.165, 1.54) is 6.26 Å². The quantitative estimate of drug-likeness (QED) is 0.730. The second kappa shape index (κ2) is 5.58. The number of Topliss-reactive ketones (excluding diaryl/α,β-unsaturated/α-hetero) is 1. The summed E-state index contributed by atoms with van der Waals surface area (Å²) in [7, 11) is -3.31. The molecule has 0 amide bonds. The SMILES string of the molecule is C[Si](C)(C)OCC1CC(=O)C(O[Si](C)(C)C)=CO1. The van der Waals surface area contributed by atoms with Crippen molar-refractivity contribution in [1.82, 2.24) is 0 Å². The van der Waals surface area contributed by atoms with Gasteiger partial charge < -0.3 is 13.6 Å². The third-order valence-corrected chi connectivity index (χ3v) is 4.04. The molecule has 0 aromatic heterocycles. The maximum Gasteiger partial charge on any atom is 0.242 e. The lowest BCUT2D eigenvalue weighted by atomic mass is 10.1. The molecule has 0 aliphatic carbocycles. The normalized spacial score (nSPS) is 21.3. The molecule has 104 valence electrons. The van der Waals surface area contributed by atoms with Gasteiger partial charge in [0.05, 0.1) is 13.0 Å². The Morgan fingerprint density at radius 1 is 1.22 bits per heavy atom. The third kappa shape index (κ3) is 5.83. The summed E-state index contributed by atoms with van der Waals surface area (Å²) in [6, 6.07) is 0. The Kier molecular flexibility index (Phi) is 4.80. The number of carbonyl (C=O) groups excluding carboxylic acids is 1. The zero-order valence-corrected chi connectivity index (χ0v) is 14.2. The van der Waals surface area contributed by atoms with Crippen LogP contribution in [0, 0.1) is 0 Å². The van der Waals surface area contributed by atoms with Crippen LogP contribution in [0.5, 0.6) is 0 Å². The van der Waals surface area contributed by atoms with Crippen LogP contribution in [0.1, 0.15) is 6.42 Å². The highest BCUT2D eigenvalue weighted by Gasteiger charge is 2.29. The topological polar surface area (TPSA) is 44.8 Å². The highest BCUT2D eigenvalue weighted by atomic mass is 28.4. The predicted molar refractivity (Wildman–Crippen MR) is 76.3 cm³/mol. The molecule has 0 aromatic carbocycles. The number of allylic oxidation sites excluding steroid dienone is 1. The van der Waals surface area contributed by atoms with Gasteiger partial charge in [0.25, 0.3) is 0 Å². The first-order valence-electron chi connectivity index (χ1n) is 6.29. The number of hydrogen-bond acceptors (Lipinski definition) is 4. The Balaban J connectivity index is 2.51. The average molecular weight is 288 g/mol. The zero-order valence-electron chi connectivity index (χ0n) is 12.2. The van der Waals surface area contributed by atoms with Gasteiger partial charge in [0.15, 0.2) is 14.1 Å². The van der Waals surface area contributed by atoms with E-state index in [2.05, 4.69) is 19.6 Å². The zero-order chi connectivity index (χ0) is 14.0. The van der Waals surface area contributed by atoms with Crippen molar-refractivity contribution in [2.24, 2.45) is 0 Å². The van der Waals surface area contributed by atoms with Gasteiger partial charge in [-0.15, -0.1) is 0 Å². The number of ether oxygens (including phenoxy) is 1. The fourth-order valence-corrected chi connectivity index (χ4v) is 2.94. The molecule has 18 heavy (non-hydrogen) atoms. The molecule has 0 radical (unpaired) electrons. The van der Waals surface area contributed by atoms with Crippen LogP contribution in [0.2, 0.25) is 39.3 Å². The maximum absolute atomic E-state index is 11.9. The third-order valence-electron chi connectivity index (χ3n) is 2.17. The van der Waals surface area contributed by atoms with E-state index >= 15 is 0 Å². The van der Waals surface area contributed by atoms with Gasteiger partial charge in [0.1, 0.15) is 12.4 Å². The predicted octanol–water partition coefficient (Wildman–Crippen LogP) is 2.89. The molecule has 1 aliphatic heterocycles. The van der Waals surface area contributed by atoms with Crippen molar-refractivity contribution in [2.45, 2.75) is 51.8 Å². The van der Waals surface area contributed by atoms with Crippen LogP contribution in [-0.4, -0.2) is 35.1 Å². The second-order valence-corrected chi connectivity index (χ2v) is 15.4. The van der Waals surface area contributed by atoms with Crippen LogP contribution in [0.3, 0.4) is 0 Å². The van der Waals surface area contributed by atoms with E-state index in [0.717, 1.165) is 0 Å². The molecule has 0 spiro atoms. The fourth-order valence-electron chi connectivity index (χ4n) is 1.43. The van der Waals surface area contributed by atoms with Gasteiger partial charge in [0, 0.05) is 0 Å². The van der Waals surface area contributed by atoms with Crippen LogP contribution in [-0.2, 0) is 18.4 Å². The van der Waals surface area contributed by atoms with E-state index in [1.54, 1.807) is 0 Å². The van der Waals surface area contributed by atoms with Crippen LogP contribution < -0.4 is 0 Å². The summed E-state index contributed by atoms with van der Waals surface area (Å²) in [4.78, 5) is 11.9. The minimum absolute atomic E-state index is 0.0212. The molecule has 1 unspecified atom stereocenters. The molecular weight excluding hydrogens is 264 g/mol. The Hall–Kier alpha value is -0.596. The molecule has 0 aromatic rings. The number of rotatable bonds is 5. The summed E-state index contributed by atoms with van der Waals surface area (Å²) < 4.78 is 16.9. The van der Waals surface area contributed by atoms with E-state index in [4.69, 9.17) is 13.6 Å². The van der Waals surface area contributed by atoms with Crippen LogP contribution in [0.25, 0.3) is 0 Å². The van der Waals surface area contributed by atoms with E-state index in [0.29, 0.717) is 18.8 Å².